The van der Waals surface area contributed by atoms with Gasteiger partial charge in [-0.3, -0.25) is 14.4 Å². The number of carbonyl (C=O) groups is 3. The number of ether oxygens (including phenoxy) is 1. The maximum atomic E-state index is 13.6. The summed E-state index contributed by atoms with van der Waals surface area (Å²) in [6.45, 7) is 2.06. The summed E-state index contributed by atoms with van der Waals surface area (Å²) >= 11 is 0. The summed E-state index contributed by atoms with van der Waals surface area (Å²) < 4.78 is 24.7. The molecule has 8 heteroatoms. The van der Waals surface area contributed by atoms with Gasteiger partial charge in [-0.2, -0.15) is 0 Å². The van der Waals surface area contributed by atoms with E-state index in [-0.39, 0.29) is 36.6 Å². The Hall–Kier alpha value is -3.78. The first-order valence-corrected chi connectivity index (χ1v) is 11.6. The van der Waals surface area contributed by atoms with Gasteiger partial charge in [-0.05, 0) is 37.1 Å². The van der Waals surface area contributed by atoms with Gasteiger partial charge in [0, 0.05) is 18.5 Å². The minimum Gasteiger partial charge on any atom is -0.461 e. The molecule has 2 aliphatic heterocycles. The summed E-state index contributed by atoms with van der Waals surface area (Å²) in [5, 5.41) is 2.84. The van der Waals surface area contributed by atoms with Gasteiger partial charge < -0.3 is 19.4 Å². The average molecular weight is 477 g/mol. The molecule has 3 unspecified atom stereocenters. The van der Waals surface area contributed by atoms with Gasteiger partial charge in [0.25, 0.3) is 5.91 Å². The number of nitrogens with one attached hydrogen (secondary N) is 1. The number of likely N-dealkylation sites (tertiary alicyclic amines) is 1. The molecule has 0 spiro atoms. The van der Waals surface area contributed by atoms with Crippen LogP contribution >= 0.6 is 0 Å². The third-order valence-electron chi connectivity index (χ3n) is 6.57. The number of ketones is 1. The van der Waals surface area contributed by atoms with Crippen LogP contribution in [-0.4, -0.2) is 53.8 Å². The maximum Gasteiger partial charge on any atom is 0.255 e. The van der Waals surface area contributed by atoms with Crippen molar-refractivity contribution in [3.05, 3.63) is 83.4 Å². The molecular weight excluding hydrogens is 451 g/mol. The Morgan fingerprint density at radius 1 is 1.14 bits per heavy atom. The van der Waals surface area contributed by atoms with E-state index in [0.717, 1.165) is 5.56 Å². The Kier molecular flexibility index (Phi) is 6.21. The van der Waals surface area contributed by atoms with Crippen molar-refractivity contribution >= 4 is 17.6 Å². The lowest BCUT2D eigenvalue weighted by Crippen LogP contribution is -2.53. The molecule has 180 valence electrons. The SMILES string of the molecule is Cc1oc(-c2ccccc2)cc1C(=O)NC(Cc1ccc(F)cc1)C(=O)N1CCC2OCC(=O)C21. The first kappa shape index (κ1) is 23.0. The highest BCUT2D eigenvalue weighted by Gasteiger charge is 2.48. The third-order valence-corrected chi connectivity index (χ3v) is 6.57. The van der Waals surface area contributed by atoms with E-state index in [2.05, 4.69) is 5.32 Å². The number of hydrogen-bond acceptors (Lipinski definition) is 5. The largest absolute Gasteiger partial charge is 0.461 e. The van der Waals surface area contributed by atoms with Crippen molar-refractivity contribution in [3.63, 3.8) is 0 Å². The van der Waals surface area contributed by atoms with Crippen molar-refractivity contribution in [2.45, 2.75) is 38.0 Å². The fourth-order valence-electron chi connectivity index (χ4n) is 4.79. The average Bonchev–Trinajstić information content (AvgIpc) is 3.56. The minimum atomic E-state index is -0.949. The molecule has 7 nitrogen and oxygen atoms in total. The Bertz CT molecular complexity index is 1250. The molecule has 2 aliphatic rings. The van der Waals surface area contributed by atoms with E-state index in [9.17, 15) is 18.8 Å². The number of aryl methyl sites for hydroxylation is 1. The van der Waals surface area contributed by atoms with Gasteiger partial charge in [-0.15, -0.1) is 0 Å². The zero-order valence-corrected chi connectivity index (χ0v) is 19.2. The number of halogens is 1. The number of Topliss-reactive ketones (excluding diaryl/α,β-unsaturated/α-hetero) is 1. The quantitative estimate of drug-likeness (QED) is 0.590. The molecule has 1 aromatic heterocycles. The molecule has 3 aromatic rings. The molecular formula is C27H25FN2O5. The van der Waals surface area contributed by atoms with Crippen molar-refractivity contribution in [1.82, 2.24) is 10.2 Å². The lowest BCUT2D eigenvalue weighted by molar-refractivity contribution is -0.138. The van der Waals surface area contributed by atoms with Gasteiger partial charge in [-0.1, -0.05) is 42.5 Å². The fraction of sp³-hybridized carbons (Fsp3) is 0.296. The van der Waals surface area contributed by atoms with E-state index >= 15 is 0 Å². The smallest absolute Gasteiger partial charge is 0.255 e. The molecule has 5 rings (SSSR count). The van der Waals surface area contributed by atoms with Crippen molar-refractivity contribution < 1.29 is 27.9 Å². The summed E-state index contributed by atoms with van der Waals surface area (Å²) in [7, 11) is 0. The Balaban J connectivity index is 1.40. The molecule has 2 saturated heterocycles. The predicted molar refractivity (Wildman–Crippen MR) is 125 cm³/mol. The maximum absolute atomic E-state index is 13.6. The summed E-state index contributed by atoms with van der Waals surface area (Å²) in [5.41, 5.74) is 1.83. The summed E-state index contributed by atoms with van der Waals surface area (Å²) in [6.07, 6.45) is 0.412. The zero-order valence-electron chi connectivity index (χ0n) is 19.2. The first-order chi connectivity index (χ1) is 16.9. The van der Waals surface area contributed by atoms with Crippen LogP contribution in [0.2, 0.25) is 0 Å². The van der Waals surface area contributed by atoms with Gasteiger partial charge >= 0.3 is 0 Å². The molecule has 2 aromatic carbocycles. The second-order valence-electron chi connectivity index (χ2n) is 8.88. The second-order valence-corrected chi connectivity index (χ2v) is 8.88. The van der Waals surface area contributed by atoms with E-state index < -0.39 is 18.0 Å². The van der Waals surface area contributed by atoms with Crippen molar-refractivity contribution in [1.29, 1.82) is 0 Å². The van der Waals surface area contributed by atoms with Crippen molar-refractivity contribution in [2.24, 2.45) is 0 Å². The van der Waals surface area contributed by atoms with E-state index in [4.69, 9.17) is 9.15 Å². The van der Waals surface area contributed by atoms with Crippen molar-refractivity contribution in [3.8, 4) is 11.3 Å². The Morgan fingerprint density at radius 3 is 2.63 bits per heavy atom. The van der Waals surface area contributed by atoms with Crippen LogP contribution in [0.25, 0.3) is 11.3 Å². The number of fused-ring (bicyclic) bond motifs is 1. The molecule has 2 amide bonds. The Morgan fingerprint density at radius 2 is 1.89 bits per heavy atom. The standard InChI is InChI=1S/C27H25FN2O5/c1-16-20(14-24(35-16)18-5-3-2-4-6-18)26(32)29-21(13-17-7-9-19(28)10-8-17)27(33)30-12-11-23-25(30)22(31)15-34-23/h2-10,14,21,23,25H,11-13,15H2,1H3,(H,29,32). The number of amides is 2. The molecule has 2 fully saturated rings. The van der Waals surface area contributed by atoms with E-state index in [1.807, 2.05) is 30.3 Å². The topological polar surface area (TPSA) is 88.8 Å². The van der Waals surface area contributed by atoms with Crippen LogP contribution in [0.1, 0.15) is 28.1 Å². The molecule has 0 radical (unpaired) electrons. The number of furan rings is 1. The highest BCUT2D eigenvalue weighted by atomic mass is 19.1. The summed E-state index contributed by atoms with van der Waals surface area (Å²) in [4.78, 5) is 40.7. The van der Waals surface area contributed by atoms with Crippen LogP contribution in [0, 0.1) is 12.7 Å². The van der Waals surface area contributed by atoms with Crippen LogP contribution in [-0.2, 0) is 20.7 Å². The lowest BCUT2D eigenvalue weighted by atomic mass is 10.0. The number of carbonyl (C=O) groups excluding carboxylic acids is 3. The number of rotatable bonds is 6. The predicted octanol–water partition coefficient (Wildman–Crippen LogP) is 3.30. The summed E-state index contributed by atoms with van der Waals surface area (Å²) in [6, 6.07) is 15.3. The normalized spacial score (nSPS) is 20.1. The highest BCUT2D eigenvalue weighted by Crippen LogP contribution is 2.29. The van der Waals surface area contributed by atoms with E-state index in [1.54, 1.807) is 25.1 Å². The summed E-state index contributed by atoms with van der Waals surface area (Å²) in [5.74, 6) is -0.372. The number of nitrogens with zero attached hydrogens (tertiary/aromatic N) is 1. The number of hydrogen-bond donors (Lipinski definition) is 1. The molecule has 0 aliphatic carbocycles. The Labute approximate surface area is 201 Å². The monoisotopic (exact) mass is 476 g/mol. The van der Waals surface area contributed by atoms with Gasteiger partial charge in [-0.25, -0.2) is 4.39 Å². The zero-order chi connectivity index (χ0) is 24.5. The molecule has 3 heterocycles. The third kappa shape index (κ3) is 4.61. The molecule has 0 saturated carbocycles. The molecule has 3 atom stereocenters. The highest BCUT2D eigenvalue weighted by molar-refractivity contribution is 6.00. The van der Waals surface area contributed by atoms with E-state index in [1.165, 1.54) is 17.0 Å². The van der Waals surface area contributed by atoms with Gasteiger partial charge in [0.2, 0.25) is 5.91 Å². The van der Waals surface area contributed by atoms with Crippen LogP contribution in [0.5, 0.6) is 0 Å². The first-order valence-electron chi connectivity index (χ1n) is 11.6. The van der Waals surface area contributed by atoms with Crippen LogP contribution in [0.4, 0.5) is 4.39 Å². The van der Waals surface area contributed by atoms with Crippen LogP contribution in [0.3, 0.4) is 0 Å². The lowest BCUT2D eigenvalue weighted by Gasteiger charge is -2.27. The van der Waals surface area contributed by atoms with E-state index in [0.29, 0.717) is 35.6 Å². The molecule has 1 N–H and O–H groups in total. The van der Waals surface area contributed by atoms with Crippen LogP contribution < -0.4 is 5.32 Å². The second kappa shape index (κ2) is 9.46. The fourth-order valence-corrected chi connectivity index (χ4v) is 4.79. The van der Waals surface area contributed by atoms with Crippen LogP contribution in [0.15, 0.2) is 65.1 Å². The van der Waals surface area contributed by atoms with Gasteiger partial charge in [0.15, 0.2) is 5.78 Å². The molecule has 35 heavy (non-hydrogen) atoms. The van der Waals surface area contributed by atoms with Gasteiger partial charge in [0.1, 0.15) is 36.0 Å². The van der Waals surface area contributed by atoms with Crippen molar-refractivity contribution in [2.75, 3.05) is 13.2 Å². The van der Waals surface area contributed by atoms with Gasteiger partial charge in [0.05, 0.1) is 11.7 Å². The molecule has 0 bridgehead atoms. The minimum absolute atomic E-state index is 0.00935. The number of benzene rings is 2.